The van der Waals surface area contributed by atoms with Crippen molar-refractivity contribution in [3.63, 3.8) is 0 Å². The van der Waals surface area contributed by atoms with E-state index in [4.69, 9.17) is 11.6 Å². The lowest BCUT2D eigenvalue weighted by Gasteiger charge is -2.30. The second kappa shape index (κ2) is 6.69. The molecule has 0 aromatic heterocycles. The number of hydrogen-bond acceptors (Lipinski definition) is 4. The zero-order valence-corrected chi connectivity index (χ0v) is 16.4. The van der Waals surface area contributed by atoms with Gasteiger partial charge in [0, 0.05) is 30.0 Å². The van der Waals surface area contributed by atoms with E-state index in [-0.39, 0.29) is 9.80 Å². The van der Waals surface area contributed by atoms with Gasteiger partial charge in [-0.25, -0.2) is 8.42 Å². The molecule has 5 nitrogen and oxygen atoms in total. The first-order chi connectivity index (χ1) is 12.9. The van der Waals surface area contributed by atoms with Gasteiger partial charge in [0.05, 0.1) is 10.6 Å². The molecule has 2 aromatic rings. The molecule has 140 valence electrons. The summed E-state index contributed by atoms with van der Waals surface area (Å²) in [6, 6.07) is 12.2. The molecule has 0 saturated carbocycles. The predicted molar refractivity (Wildman–Crippen MR) is 106 cm³/mol. The first-order valence-electron chi connectivity index (χ1n) is 8.80. The molecule has 2 aliphatic heterocycles. The van der Waals surface area contributed by atoms with Crippen LogP contribution in [0.3, 0.4) is 0 Å². The van der Waals surface area contributed by atoms with E-state index in [1.807, 2.05) is 19.1 Å². The Hall–Kier alpha value is -2.31. The number of halogens is 1. The summed E-state index contributed by atoms with van der Waals surface area (Å²) in [5.41, 5.74) is 2.14. The second-order valence-corrected chi connectivity index (χ2v) is 9.06. The smallest absolute Gasteiger partial charge is 0.267 e. The fraction of sp³-hybridized carbons (Fsp3) is 0.250. The third kappa shape index (κ3) is 3.03. The lowest BCUT2D eigenvalue weighted by molar-refractivity contribution is -0.125. The van der Waals surface area contributed by atoms with Crippen molar-refractivity contribution in [1.29, 1.82) is 0 Å². The van der Waals surface area contributed by atoms with Crippen LogP contribution in [0.15, 0.2) is 58.5 Å². The largest absolute Gasteiger partial charge is 0.338 e. The maximum Gasteiger partial charge on any atom is 0.267 e. The summed E-state index contributed by atoms with van der Waals surface area (Å²) in [7, 11) is -3.88. The van der Waals surface area contributed by atoms with Crippen LogP contribution in [0.5, 0.6) is 0 Å². The average molecular weight is 403 g/mol. The maximum absolute atomic E-state index is 13.1. The summed E-state index contributed by atoms with van der Waals surface area (Å²) in [6.07, 6.45) is 3.22. The van der Waals surface area contributed by atoms with Crippen molar-refractivity contribution in [2.45, 2.75) is 24.7 Å². The van der Waals surface area contributed by atoms with Gasteiger partial charge in [-0.05, 0) is 49.6 Å². The van der Waals surface area contributed by atoms with E-state index in [0.717, 1.165) is 18.4 Å². The molecule has 2 aliphatic rings. The Morgan fingerprint density at radius 1 is 1.07 bits per heavy atom. The SMILES string of the molecule is Cc1ccc(N2C=C(C(=O)N3CCCC3)S(=O)(=O)c3ccccc32)cc1Cl. The van der Waals surface area contributed by atoms with Gasteiger partial charge in [0.25, 0.3) is 5.91 Å². The molecule has 1 fully saturated rings. The van der Waals surface area contributed by atoms with Crippen molar-refractivity contribution >= 4 is 38.7 Å². The minimum absolute atomic E-state index is 0.131. The van der Waals surface area contributed by atoms with Crippen molar-refractivity contribution in [3.05, 3.63) is 64.2 Å². The number of hydrogen-bond donors (Lipinski definition) is 0. The number of anilines is 2. The molecule has 0 unspecified atom stereocenters. The zero-order chi connectivity index (χ0) is 19.2. The number of nitrogens with zero attached hydrogens (tertiary/aromatic N) is 2. The molecule has 27 heavy (non-hydrogen) atoms. The molecule has 2 heterocycles. The average Bonchev–Trinajstić information content (AvgIpc) is 3.19. The van der Waals surface area contributed by atoms with Crippen LogP contribution in [0.25, 0.3) is 0 Å². The van der Waals surface area contributed by atoms with Crippen LogP contribution in [0.4, 0.5) is 11.4 Å². The van der Waals surface area contributed by atoms with Gasteiger partial charge < -0.3 is 9.80 Å². The minimum Gasteiger partial charge on any atom is -0.338 e. The van der Waals surface area contributed by atoms with E-state index in [1.165, 1.54) is 12.3 Å². The normalized spacial score (nSPS) is 18.2. The third-order valence-corrected chi connectivity index (χ3v) is 7.18. The van der Waals surface area contributed by atoms with Gasteiger partial charge >= 0.3 is 0 Å². The monoisotopic (exact) mass is 402 g/mol. The summed E-state index contributed by atoms with van der Waals surface area (Å²) >= 11 is 6.28. The highest BCUT2D eigenvalue weighted by atomic mass is 35.5. The Labute approximate surface area is 163 Å². The summed E-state index contributed by atoms with van der Waals surface area (Å²) in [4.78, 5) is 16.2. The Balaban J connectivity index is 1.89. The third-order valence-electron chi connectivity index (χ3n) is 4.99. The van der Waals surface area contributed by atoms with Gasteiger partial charge in [0.2, 0.25) is 9.84 Å². The molecular formula is C20H19ClN2O3S. The van der Waals surface area contributed by atoms with Crippen LogP contribution >= 0.6 is 11.6 Å². The number of benzene rings is 2. The Morgan fingerprint density at radius 2 is 1.78 bits per heavy atom. The van der Waals surface area contributed by atoms with E-state index in [1.54, 1.807) is 34.1 Å². The molecule has 4 rings (SSSR count). The lowest BCUT2D eigenvalue weighted by atomic mass is 10.2. The van der Waals surface area contributed by atoms with E-state index in [2.05, 4.69) is 0 Å². The van der Waals surface area contributed by atoms with Crippen molar-refractivity contribution in [2.75, 3.05) is 18.0 Å². The Bertz CT molecular complexity index is 1060. The van der Waals surface area contributed by atoms with Gasteiger partial charge in [-0.2, -0.15) is 0 Å². The van der Waals surface area contributed by atoms with E-state index >= 15 is 0 Å². The lowest BCUT2D eigenvalue weighted by Crippen LogP contribution is -2.35. The molecule has 1 amide bonds. The van der Waals surface area contributed by atoms with Crippen LogP contribution in [0.1, 0.15) is 18.4 Å². The van der Waals surface area contributed by atoms with Crippen molar-refractivity contribution < 1.29 is 13.2 Å². The number of sulfone groups is 1. The van der Waals surface area contributed by atoms with Gasteiger partial charge in [-0.3, -0.25) is 4.79 Å². The van der Waals surface area contributed by atoms with Crippen LogP contribution in [-0.4, -0.2) is 32.3 Å². The number of para-hydroxylation sites is 1. The first-order valence-corrected chi connectivity index (χ1v) is 10.7. The van der Waals surface area contributed by atoms with Crippen LogP contribution in [0, 0.1) is 6.92 Å². The van der Waals surface area contributed by atoms with Crippen molar-refractivity contribution in [2.24, 2.45) is 0 Å². The molecule has 0 aliphatic carbocycles. The minimum atomic E-state index is -3.88. The van der Waals surface area contributed by atoms with Crippen LogP contribution < -0.4 is 4.90 Å². The number of fused-ring (bicyclic) bond motifs is 1. The molecule has 0 atom stereocenters. The predicted octanol–water partition coefficient (Wildman–Crippen LogP) is 4.04. The summed E-state index contributed by atoms with van der Waals surface area (Å²) in [5, 5.41) is 0.583. The summed E-state index contributed by atoms with van der Waals surface area (Å²) in [5.74, 6) is -0.440. The van der Waals surface area contributed by atoms with E-state index in [9.17, 15) is 13.2 Å². The maximum atomic E-state index is 13.1. The molecule has 0 bridgehead atoms. The number of rotatable bonds is 2. The number of carbonyl (C=O) groups excluding carboxylic acids is 1. The second-order valence-electron chi connectivity index (χ2n) is 6.77. The highest BCUT2D eigenvalue weighted by Crippen LogP contribution is 2.40. The van der Waals surface area contributed by atoms with Crippen LogP contribution in [0.2, 0.25) is 5.02 Å². The van der Waals surface area contributed by atoms with Gasteiger partial charge in [0.15, 0.2) is 4.91 Å². The Kier molecular flexibility index (Phi) is 4.48. The molecule has 0 spiro atoms. The highest BCUT2D eigenvalue weighted by Gasteiger charge is 2.38. The fourth-order valence-electron chi connectivity index (χ4n) is 3.45. The number of carbonyl (C=O) groups is 1. The molecular weight excluding hydrogens is 384 g/mol. The first kappa shape index (κ1) is 18.1. The van der Waals surface area contributed by atoms with Crippen LogP contribution in [-0.2, 0) is 14.6 Å². The van der Waals surface area contributed by atoms with E-state index < -0.39 is 15.7 Å². The summed E-state index contributed by atoms with van der Waals surface area (Å²) < 4.78 is 26.3. The zero-order valence-electron chi connectivity index (χ0n) is 14.9. The van der Waals surface area contributed by atoms with E-state index in [0.29, 0.717) is 29.5 Å². The van der Waals surface area contributed by atoms with Gasteiger partial charge in [0.1, 0.15) is 0 Å². The van der Waals surface area contributed by atoms with Gasteiger partial charge in [-0.1, -0.05) is 29.8 Å². The molecule has 0 radical (unpaired) electrons. The van der Waals surface area contributed by atoms with Crippen molar-refractivity contribution in [1.82, 2.24) is 4.90 Å². The number of likely N-dealkylation sites (tertiary alicyclic amines) is 1. The number of amides is 1. The summed E-state index contributed by atoms with van der Waals surface area (Å²) in [6.45, 7) is 3.08. The fourth-order valence-corrected chi connectivity index (χ4v) is 5.16. The molecule has 7 heteroatoms. The van der Waals surface area contributed by atoms with Gasteiger partial charge in [-0.15, -0.1) is 0 Å². The van der Waals surface area contributed by atoms with Crippen molar-refractivity contribution in [3.8, 4) is 0 Å². The number of aryl methyl sites for hydroxylation is 1. The Morgan fingerprint density at radius 3 is 2.48 bits per heavy atom. The standard InChI is InChI=1S/C20H19ClN2O3S/c1-14-8-9-15(12-16(14)21)23-13-19(20(24)22-10-4-5-11-22)27(25,26)18-7-3-2-6-17(18)23/h2-3,6-9,12-13H,4-5,10-11H2,1H3. The highest BCUT2D eigenvalue weighted by molar-refractivity contribution is 7.96. The quantitative estimate of drug-likeness (QED) is 0.760. The topological polar surface area (TPSA) is 57.7 Å². The molecule has 0 N–H and O–H groups in total. The molecule has 1 saturated heterocycles. The molecule has 2 aromatic carbocycles.